The van der Waals surface area contributed by atoms with Crippen LogP contribution in [-0.4, -0.2) is 56.1 Å². The molecule has 1 fully saturated rings. The number of methoxy groups -OCH3 is 2. The van der Waals surface area contributed by atoms with Gasteiger partial charge < -0.3 is 30.1 Å². The Morgan fingerprint density at radius 2 is 1.65 bits per heavy atom. The van der Waals surface area contributed by atoms with E-state index in [1.807, 2.05) is 26.0 Å². The summed E-state index contributed by atoms with van der Waals surface area (Å²) >= 11 is 0. The van der Waals surface area contributed by atoms with Crippen LogP contribution in [0.15, 0.2) is 17.7 Å². The van der Waals surface area contributed by atoms with Crippen LogP contribution < -0.4 is 31.4 Å². The molecule has 0 amide bonds. The van der Waals surface area contributed by atoms with E-state index in [1.165, 1.54) is 25.4 Å². The second-order valence-corrected chi connectivity index (χ2v) is 12.6. The van der Waals surface area contributed by atoms with Crippen LogP contribution in [0.25, 0.3) is 40.5 Å². The SMILES string of the molecule is C=Cc1c(C)/c2[n-]/c1=C\C1[N-]C(/C=c3\[n-]c4c(c3C)C(=O)C(C(=O)OC)C=4C3[N-]C(\C=2)C(C)C3CCC(=O)OC)C(CC)=C1C.[Ni]. The maximum absolute atomic E-state index is 14.1. The Bertz CT molecular complexity index is 1900. The first-order valence-corrected chi connectivity index (χ1v) is 15.7. The number of ether oxygens (including phenoxy) is 2. The average molecular weight is 667 g/mol. The third-order valence-corrected chi connectivity index (χ3v) is 10.4. The number of hydrogen-bond donors (Lipinski definition) is 0. The number of aromatic nitrogens is 2. The summed E-state index contributed by atoms with van der Waals surface area (Å²) in [4.78, 5) is 49.8. The molecular formula is C36H40N4NiO5-4. The van der Waals surface area contributed by atoms with Gasteiger partial charge in [0.1, 0.15) is 5.92 Å². The second kappa shape index (κ2) is 13.0. The van der Waals surface area contributed by atoms with Crippen molar-refractivity contribution in [3.8, 4) is 0 Å². The Labute approximate surface area is 279 Å². The van der Waals surface area contributed by atoms with Crippen molar-refractivity contribution in [2.24, 2.45) is 17.8 Å². The van der Waals surface area contributed by atoms with E-state index < -0.39 is 17.9 Å². The topological polar surface area (TPSA) is 126 Å². The third kappa shape index (κ3) is 5.28. The van der Waals surface area contributed by atoms with Gasteiger partial charge in [-0.1, -0.05) is 78.3 Å². The maximum Gasteiger partial charge on any atom is 0.320 e. The van der Waals surface area contributed by atoms with Crippen LogP contribution in [0.5, 0.6) is 0 Å². The van der Waals surface area contributed by atoms with Crippen molar-refractivity contribution in [1.82, 2.24) is 9.97 Å². The van der Waals surface area contributed by atoms with Crippen molar-refractivity contribution in [3.63, 3.8) is 0 Å². The Hall–Kier alpha value is -3.46. The van der Waals surface area contributed by atoms with Gasteiger partial charge in [-0.25, -0.2) is 0 Å². The molecule has 5 heterocycles. The quantitative estimate of drug-likeness (QED) is 0.200. The number of nitrogens with zero attached hydrogens (tertiary/aromatic N) is 4. The van der Waals surface area contributed by atoms with Crippen molar-refractivity contribution >= 4 is 47.6 Å². The summed E-state index contributed by atoms with van der Waals surface area (Å²) in [6, 6.07) is -1.20. The Balaban J connectivity index is 0.00000417. The van der Waals surface area contributed by atoms with Gasteiger partial charge in [0, 0.05) is 28.5 Å². The fourth-order valence-corrected chi connectivity index (χ4v) is 7.82. The monoisotopic (exact) mass is 666 g/mol. The average Bonchev–Trinajstić information content (AvgIpc) is 3.76. The first kappa shape index (κ1) is 33.9. The molecule has 6 rings (SSSR count). The molecule has 46 heavy (non-hydrogen) atoms. The standard InChI is InChI=1S/C36H40N4O5.Ni/c1-9-20-16(3)23-13-25-18(5)22(11-12-29(41)44-7)33(39-25)31-32(36(43)45-8)35(42)30-19(6)26(40-34(30)31)15-28-21(10-2)17(4)24(38-28)14-27(20)37-23;/h9,13-15,18,22,24-25,28,32-33H,1,10-12H2,2-8H3;/q-4;/b23-13-,26-15-,27-14-;. The fraction of sp³-hybridized carbons (Fsp3) is 0.472. The van der Waals surface area contributed by atoms with E-state index in [-0.39, 0.29) is 64.6 Å². The van der Waals surface area contributed by atoms with Crippen LogP contribution >= 0.6 is 0 Å². The molecule has 248 valence electrons. The third-order valence-electron chi connectivity index (χ3n) is 10.4. The van der Waals surface area contributed by atoms with Gasteiger partial charge in [0.2, 0.25) is 0 Å². The molecule has 0 spiro atoms. The molecule has 1 saturated heterocycles. The van der Waals surface area contributed by atoms with Crippen LogP contribution in [0.4, 0.5) is 0 Å². The molecule has 2 aromatic rings. The van der Waals surface area contributed by atoms with Gasteiger partial charge >= 0.3 is 11.9 Å². The Morgan fingerprint density at radius 3 is 2.30 bits per heavy atom. The van der Waals surface area contributed by atoms with Gasteiger partial charge in [-0.2, -0.15) is 0 Å². The summed E-state index contributed by atoms with van der Waals surface area (Å²) in [6.45, 7) is 14.4. The minimum absolute atomic E-state index is 0. The molecular weight excluding hydrogens is 627 g/mol. The molecule has 0 aromatic carbocycles. The summed E-state index contributed by atoms with van der Waals surface area (Å²) < 4.78 is 10.2. The largest absolute Gasteiger partial charge is 0.658 e. The Kier molecular flexibility index (Phi) is 9.56. The van der Waals surface area contributed by atoms with E-state index in [0.29, 0.717) is 28.3 Å². The molecule has 3 aliphatic heterocycles. The smallest absolute Gasteiger partial charge is 0.320 e. The van der Waals surface area contributed by atoms with Crippen LogP contribution in [-0.2, 0) is 35.6 Å². The number of Topliss-reactive ketones (excluding diaryl/α,β-unsaturated/α-hetero) is 1. The van der Waals surface area contributed by atoms with Gasteiger partial charge in [-0.15, -0.1) is 51.7 Å². The van der Waals surface area contributed by atoms with Crippen molar-refractivity contribution < 1.29 is 40.3 Å². The molecule has 1 aliphatic carbocycles. The van der Waals surface area contributed by atoms with Gasteiger partial charge in [0.05, 0.1) is 14.2 Å². The number of ketones is 1. The predicted molar refractivity (Wildman–Crippen MR) is 173 cm³/mol. The second-order valence-electron chi connectivity index (χ2n) is 12.6. The molecule has 7 unspecified atom stereocenters. The minimum Gasteiger partial charge on any atom is -0.658 e. The zero-order valence-electron chi connectivity index (χ0n) is 27.3. The van der Waals surface area contributed by atoms with Gasteiger partial charge in [0.15, 0.2) is 5.78 Å². The molecule has 0 saturated carbocycles. The van der Waals surface area contributed by atoms with Crippen LogP contribution in [0.2, 0.25) is 0 Å². The Morgan fingerprint density at radius 1 is 0.957 bits per heavy atom. The van der Waals surface area contributed by atoms with Crippen molar-refractivity contribution in [2.45, 2.75) is 78.0 Å². The first-order chi connectivity index (χ1) is 21.5. The maximum atomic E-state index is 14.1. The summed E-state index contributed by atoms with van der Waals surface area (Å²) in [5.41, 5.74) is 6.11. The normalized spacial score (nSPS) is 30.1. The zero-order chi connectivity index (χ0) is 32.3. The minimum atomic E-state index is -1.14. The number of fused-ring (bicyclic) bond motifs is 8. The summed E-state index contributed by atoms with van der Waals surface area (Å²) in [5.74, 6) is -2.58. The molecule has 4 aliphatic rings. The molecule has 9 nitrogen and oxygen atoms in total. The van der Waals surface area contributed by atoms with Crippen LogP contribution in [0, 0.1) is 31.6 Å². The molecule has 8 bridgehead atoms. The summed E-state index contributed by atoms with van der Waals surface area (Å²) in [6.07, 6.45) is 9.56. The number of esters is 2. The molecule has 0 radical (unpaired) electrons. The molecule has 0 N–H and O–H groups in total. The number of carbonyl (C=O) groups is 3. The molecule has 10 heteroatoms. The van der Waals surface area contributed by atoms with Crippen LogP contribution in [0.1, 0.15) is 67.1 Å². The van der Waals surface area contributed by atoms with E-state index in [9.17, 15) is 14.4 Å². The predicted octanol–water partition coefficient (Wildman–Crippen LogP) is 2.23. The van der Waals surface area contributed by atoms with E-state index in [0.717, 1.165) is 33.8 Å². The van der Waals surface area contributed by atoms with E-state index in [1.54, 1.807) is 0 Å². The number of hydrogen-bond acceptors (Lipinski definition) is 5. The summed E-state index contributed by atoms with van der Waals surface area (Å²) in [5, 5.41) is 13.3. The number of carbonyl (C=O) groups excluding carboxylic acids is 3. The first-order valence-electron chi connectivity index (χ1n) is 15.7. The van der Waals surface area contributed by atoms with E-state index in [2.05, 4.69) is 39.5 Å². The molecule has 2 aromatic heterocycles. The van der Waals surface area contributed by atoms with Crippen LogP contribution in [0.3, 0.4) is 0 Å². The number of rotatable bonds is 6. The van der Waals surface area contributed by atoms with Crippen molar-refractivity contribution in [3.05, 3.63) is 72.0 Å². The van der Waals surface area contributed by atoms with Gasteiger partial charge in [0.25, 0.3) is 0 Å². The van der Waals surface area contributed by atoms with E-state index >= 15 is 0 Å². The van der Waals surface area contributed by atoms with Crippen molar-refractivity contribution in [2.75, 3.05) is 14.2 Å². The molecule has 7 atom stereocenters. The van der Waals surface area contributed by atoms with E-state index in [4.69, 9.17) is 30.1 Å². The zero-order valence-corrected chi connectivity index (χ0v) is 28.3. The fourth-order valence-electron chi connectivity index (χ4n) is 7.82. The van der Waals surface area contributed by atoms with Gasteiger partial charge in [-0.3, -0.25) is 14.4 Å². The summed E-state index contributed by atoms with van der Waals surface area (Å²) in [7, 11) is 2.67. The van der Waals surface area contributed by atoms with Crippen molar-refractivity contribution in [1.29, 1.82) is 0 Å². The van der Waals surface area contributed by atoms with Gasteiger partial charge in [-0.05, 0) is 39.2 Å².